The maximum Gasteiger partial charge on any atom is 0.358 e. The van der Waals surface area contributed by atoms with Crippen LogP contribution in [0, 0.1) is 0 Å². The van der Waals surface area contributed by atoms with Crippen LogP contribution < -0.4 is 4.74 Å². The van der Waals surface area contributed by atoms with Gasteiger partial charge in [0, 0.05) is 16.5 Å². The molecule has 1 heterocycles. The number of nitrogens with zero attached hydrogens (tertiary/aromatic N) is 1. The van der Waals surface area contributed by atoms with E-state index in [1.165, 1.54) is 11.3 Å². The minimum atomic E-state index is -0.905. The van der Waals surface area contributed by atoms with Gasteiger partial charge in [0.1, 0.15) is 10.8 Å². The van der Waals surface area contributed by atoms with Crippen molar-refractivity contribution in [3.63, 3.8) is 0 Å². The summed E-state index contributed by atoms with van der Waals surface area (Å²) in [6.07, 6.45) is -0.905. The van der Waals surface area contributed by atoms with Crippen molar-refractivity contribution < 1.29 is 19.1 Å². The average Bonchev–Trinajstić information content (AvgIpc) is 3.19. The monoisotopic (exact) mass is 381 g/mol. The Bertz CT molecular complexity index is 919. The molecule has 3 aromatic rings. The van der Waals surface area contributed by atoms with Crippen molar-refractivity contribution in [3.8, 4) is 16.3 Å². The SMILES string of the molecule is CCOc1ccc(C(=O)[C@@H](C)OC(=O)c2csc(-c3ccccc3)n2)cc1. The van der Waals surface area contributed by atoms with Crippen LogP contribution in [0.2, 0.25) is 0 Å². The minimum absolute atomic E-state index is 0.199. The number of ketones is 1. The molecule has 0 radical (unpaired) electrons. The predicted octanol–water partition coefficient (Wildman–Crippen LogP) is 4.64. The largest absolute Gasteiger partial charge is 0.494 e. The van der Waals surface area contributed by atoms with Crippen LogP contribution in [0.5, 0.6) is 5.75 Å². The molecule has 0 saturated carbocycles. The molecule has 0 saturated heterocycles. The zero-order valence-electron chi connectivity index (χ0n) is 15.0. The molecular formula is C21H19NO4S. The van der Waals surface area contributed by atoms with Crippen LogP contribution in [0.1, 0.15) is 34.7 Å². The first-order valence-corrected chi connectivity index (χ1v) is 9.45. The van der Waals surface area contributed by atoms with Crippen LogP contribution in [0.3, 0.4) is 0 Å². The second kappa shape index (κ2) is 8.60. The average molecular weight is 381 g/mol. The Balaban J connectivity index is 1.65. The zero-order chi connectivity index (χ0) is 19.2. The normalized spacial score (nSPS) is 11.6. The highest BCUT2D eigenvalue weighted by Gasteiger charge is 2.22. The molecule has 0 aliphatic heterocycles. The number of thiazole rings is 1. The molecule has 0 spiro atoms. The first-order chi connectivity index (χ1) is 13.1. The number of carbonyl (C=O) groups is 2. The van der Waals surface area contributed by atoms with Crippen molar-refractivity contribution in [3.05, 3.63) is 71.2 Å². The second-order valence-corrected chi connectivity index (χ2v) is 6.63. The van der Waals surface area contributed by atoms with Crippen LogP contribution in [0.4, 0.5) is 0 Å². The van der Waals surface area contributed by atoms with Gasteiger partial charge in [0.2, 0.25) is 5.78 Å². The summed E-state index contributed by atoms with van der Waals surface area (Å²) in [5.41, 5.74) is 1.59. The molecular weight excluding hydrogens is 362 g/mol. The third-order valence-corrected chi connectivity index (χ3v) is 4.73. The van der Waals surface area contributed by atoms with Gasteiger partial charge in [0.25, 0.3) is 0 Å². The van der Waals surface area contributed by atoms with E-state index in [0.717, 1.165) is 10.6 Å². The highest BCUT2D eigenvalue weighted by Crippen LogP contribution is 2.24. The molecule has 0 fully saturated rings. The molecule has 0 unspecified atom stereocenters. The van der Waals surface area contributed by atoms with Crippen molar-refractivity contribution in [2.45, 2.75) is 20.0 Å². The van der Waals surface area contributed by atoms with E-state index >= 15 is 0 Å². The summed E-state index contributed by atoms with van der Waals surface area (Å²) in [6.45, 7) is 4.00. The molecule has 0 aliphatic rings. The van der Waals surface area contributed by atoms with Crippen molar-refractivity contribution in [2.24, 2.45) is 0 Å². The third kappa shape index (κ3) is 4.60. The summed E-state index contributed by atoms with van der Waals surface area (Å²) in [5.74, 6) is -0.195. The van der Waals surface area contributed by atoms with E-state index in [4.69, 9.17) is 9.47 Å². The van der Waals surface area contributed by atoms with Gasteiger partial charge >= 0.3 is 5.97 Å². The van der Waals surface area contributed by atoms with E-state index in [2.05, 4.69) is 4.98 Å². The molecule has 0 N–H and O–H groups in total. The highest BCUT2D eigenvalue weighted by atomic mass is 32.1. The lowest BCUT2D eigenvalue weighted by molar-refractivity contribution is 0.0314. The van der Waals surface area contributed by atoms with E-state index in [1.54, 1.807) is 36.6 Å². The predicted molar refractivity (Wildman–Crippen MR) is 104 cm³/mol. The van der Waals surface area contributed by atoms with E-state index in [-0.39, 0.29) is 11.5 Å². The molecule has 0 amide bonds. The van der Waals surface area contributed by atoms with Gasteiger partial charge in [-0.1, -0.05) is 30.3 Å². The number of aromatic nitrogens is 1. The van der Waals surface area contributed by atoms with Crippen LogP contribution in [-0.2, 0) is 4.74 Å². The van der Waals surface area contributed by atoms with Gasteiger partial charge in [0.15, 0.2) is 11.8 Å². The molecule has 3 rings (SSSR count). The lowest BCUT2D eigenvalue weighted by Crippen LogP contribution is -2.24. The Kier molecular flexibility index (Phi) is 5.98. The Morgan fingerprint density at radius 2 is 1.78 bits per heavy atom. The molecule has 5 nitrogen and oxygen atoms in total. The van der Waals surface area contributed by atoms with Gasteiger partial charge in [0.05, 0.1) is 6.61 Å². The fourth-order valence-corrected chi connectivity index (χ4v) is 3.27. The second-order valence-electron chi connectivity index (χ2n) is 5.77. The number of rotatable bonds is 7. The van der Waals surface area contributed by atoms with Crippen LogP contribution >= 0.6 is 11.3 Å². The molecule has 27 heavy (non-hydrogen) atoms. The molecule has 1 aromatic heterocycles. The fourth-order valence-electron chi connectivity index (χ4n) is 2.47. The summed E-state index contributed by atoms with van der Waals surface area (Å²) >= 11 is 1.36. The van der Waals surface area contributed by atoms with Crippen molar-refractivity contribution in [1.29, 1.82) is 0 Å². The van der Waals surface area contributed by atoms with Gasteiger partial charge in [-0.05, 0) is 38.1 Å². The Morgan fingerprint density at radius 1 is 1.07 bits per heavy atom. The fraction of sp³-hybridized carbons (Fsp3) is 0.190. The summed E-state index contributed by atoms with van der Waals surface area (Å²) < 4.78 is 10.7. The Morgan fingerprint density at radius 3 is 2.44 bits per heavy atom. The van der Waals surface area contributed by atoms with Gasteiger partial charge < -0.3 is 9.47 Å². The Labute approximate surface area is 161 Å². The van der Waals surface area contributed by atoms with E-state index in [9.17, 15) is 9.59 Å². The maximum absolute atomic E-state index is 12.5. The standard InChI is InChI=1S/C21H19NO4S/c1-3-25-17-11-9-15(10-12-17)19(23)14(2)26-21(24)18-13-27-20(22-18)16-7-5-4-6-8-16/h4-14H,3H2,1-2H3/t14-/m1/s1. The molecule has 1 atom stereocenters. The van der Waals surface area contributed by atoms with Gasteiger partial charge in [-0.2, -0.15) is 0 Å². The summed E-state index contributed by atoms with van der Waals surface area (Å²) in [4.78, 5) is 29.1. The quantitative estimate of drug-likeness (QED) is 0.441. The van der Waals surface area contributed by atoms with Crippen LogP contribution in [-0.4, -0.2) is 29.4 Å². The first kappa shape index (κ1) is 18.8. The number of hydrogen-bond acceptors (Lipinski definition) is 6. The lowest BCUT2D eigenvalue weighted by atomic mass is 10.1. The van der Waals surface area contributed by atoms with Crippen LogP contribution in [0.15, 0.2) is 60.0 Å². The number of carbonyl (C=O) groups excluding carboxylic acids is 2. The Hall–Kier alpha value is -2.99. The molecule has 0 aliphatic carbocycles. The molecule has 138 valence electrons. The van der Waals surface area contributed by atoms with E-state index in [1.807, 2.05) is 37.3 Å². The third-order valence-electron chi connectivity index (χ3n) is 3.84. The number of esters is 1. The first-order valence-electron chi connectivity index (χ1n) is 8.57. The number of benzene rings is 2. The van der Waals surface area contributed by atoms with Gasteiger partial charge in [-0.15, -0.1) is 11.3 Å². The summed E-state index contributed by atoms with van der Waals surface area (Å²) in [6, 6.07) is 16.3. The lowest BCUT2D eigenvalue weighted by Gasteiger charge is -2.12. The van der Waals surface area contributed by atoms with Crippen LogP contribution in [0.25, 0.3) is 10.6 Å². The smallest absolute Gasteiger partial charge is 0.358 e. The highest BCUT2D eigenvalue weighted by molar-refractivity contribution is 7.13. The summed E-state index contributed by atoms with van der Waals surface area (Å²) in [7, 11) is 0. The minimum Gasteiger partial charge on any atom is -0.494 e. The molecule has 6 heteroatoms. The topological polar surface area (TPSA) is 65.5 Å². The van der Waals surface area contributed by atoms with Gasteiger partial charge in [-0.25, -0.2) is 9.78 Å². The summed E-state index contributed by atoms with van der Waals surface area (Å²) in [5, 5.41) is 2.37. The number of ether oxygens (including phenoxy) is 2. The maximum atomic E-state index is 12.5. The van der Waals surface area contributed by atoms with Crippen molar-refractivity contribution in [1.82, 2.24) is 4.98 Å². The number of hydrogen-bond donors (Lipinski definition) is 0. The number of Topliss-reactive ketones (excluding diaryl/α,β-unsaturated/α-hetero) is 1. The van der Waals surface area contributed by atoms with Crippen molar-refractivity contribution in [2.75, 3.05) is 6.61 Å². The molecule has 0 bridgehead atoms. The molecule has 2 aromatic carbocycles. The van der Waals surface area contributed by atoms with E-state index < -0.39 is 12.1 Å². The van der Waals surface area contributed by atoms with Gasteiger partial charge in [-0.3, -0.25) is 4.79 Å². The van der Waals surface area contributed by atoms with E-state index in [0.29, 0.717) is 17.9 Å². The zero-order valence-corrected chi connectivity index (χ0v) is 15.9. The van der Waals surface area contributed by atoms with Crippen molar-refractivity contribution >= 4 is 23.1 Å².